The van der Waals surface area contributed by atoms with Crippen LogP contribution in [0.1, 0.15) is 5.56 Å². The molecule has 0 amide bonds. The lowest BCUT2D eigenvalue weighted by atomic mass is 10.1. The number of nitro benzene ring substituents is 1. The van der Waals surface area contributed by atoms with Crippen molar-refractivity contribution in [3.05, 3.63) is 57.9 Å². The third-order valence-electron chi connectivity index (χ3n) is 2.76. The van der Waals surface area contributed by atoms with E-state index in [1.165, 1.54) is 24.3 Å². The number of benzene rings is 2. The summed E-state index contributed by atoms with van der Waals surface area (Å²) >= 11 is 0. The fourth-order valence-electron chi connectivity index (χ4n) is 1.79. The smallest absolute Gasteiger partial charge is 0.273 e. The van der Waals surface area contributed by atoms with Gasteiger partial charge in [0.25, 0.3) is 5.69 Å². The summed E-state index contributed by atoms with van der Waals surface area (Å²) in [4.78, 5) is 10.3. The molecule has 0 spiro atoms. The van der Waals surface area contributed by atoms with Gasteiger partial charge in [-0.25, -0.2) is 4.39 Å². The van der Waals surface area contributed by atoms with Crippen molar-refractivity contribution >= 4 is 22.7 Å². The van der Waals surface area contributed by atoms with E-state index >= 15 is 0 Å². The van der Waals surface area contributed by atoms with Gasteiger partial charge in [0, 0.05) is 23.5 Å². The number of nitrogen functional groups attached to an aromatic ring is 1. The highest BCUT2D eigenvalue weighted by atomic mass is 19.1. The normalized spacial score (nSPS) is 10.2. The van der Waals surface area contributed by atoms with E-state index in [4.69, 9.17) is 5.84 Å². The van der Waals surface area contributed by atoms with Gasteiger partial charge in [0.2, 0.25) is 0 Å². The predicted octanol–water partition coefficient (Wildman–Crippen LogP) is 3.07. The number of aryl methyl sites for hydroxylation is 1. The van der Waals surface area contributed by atoms with E-state index < -0.39 is 4.92 Å². The number of hydrogen-bond acceptors (Lipinski definition) is 5. The number of nitrogens with one attached hydrogen (secondary N) is 2. The summed E-state index contributed by atoms with van der Waals surface area (Å²) in [5, 5.41) is 13.8. The quantitative estimate of drug-likeness (QED) is 0.453. The molecule has 0 atom stereocenters. The number of rotatable bonds is 4. The third-order valence-corrected chi connectivity index (χ3v) is 2.76. The topological polar surface area (TPSA) is 93.2 Å². The molecule has 0 aromatic heterocycles. The van der Waals surface area contributed by atoms with Crippen molar-refractivity contribution in [1.29, 1.82) is 0 Å². The lowest BCUT2D eigenvalue weighted by molar-refractivity contribution is -0.384. The zero-order chi connectivity index (χ0) is 14.7. The Morgan fingerprint density at radius 1 is 1.20 bits per heavy atom. The Kier molecular flexibility index (Phi) is 3.81. The Bertz CT molecular complexity index is 661. The minimum absolute atomic E-state index is 0.0947. The van der Waals surface area contributed by atoms with Crippen LogP contribution in [-0.2, 0) is 0 Å². The van der Waals surface area contributed by atoms with Gasteiger partial charge in [-0.3, -0.25) is 16.0 Å². The molecule has 104 valence electrons. The first-order valence-corrected chi connectivity index (χ1v) is 5.79. The molecular weight excluding hydrogens is 263 g/mol. The molecule has 0 radical (unpaired) electrons. The number of nitro groups is 1. The van der Waals surface area contributed by atoms with Crippen LogP contribution in [0.5, 0.6) is 0 Å². The van der Waals surface area contributed by atoms with E-state index in [9.17, 15) is 14.5 Å². The van der Waals surface area contributed by atoms with Crippen LogP contribution >= 0.6 is 0 Å². The van der Waals surface area contributed by atoms with Gasteiger partial charge in [0.1, 0.15) is 5.82 Å². The summed E-state index contributed by atoms with van der Waals surface area (Å²) in [5.74, 6) is 4.94. The number of hydrogen-bond donors (Lipinski definition) is 3. The summed E-state index contributed by atoms with van der Waals surface area (Å²) in [5.41, 5.74) is 4.52. The van der Waals surface area contributed by atoms with Crippen molar-refractivity contribution in [2.45, 2.75) is 6.92 Å². The van der Waals surface area contributed by atoms with Crippen LogP contribution in [0.3, 0.4) is 0 Å². The molecule has 0 heterocycles. The molecule has 0 bridgehead atoms. The number of nitrogens with two attached hydrogens (primary N) is 1. The van der Waals surface area contributed by atoms with E-state index in [0.717, 1.165) is 0 Å². The second-order valence-corrected chi connectivity index (χ2v) is 4.25. The van der Waals surface area contributed by atoms with Gasteiger partial charge < -0.3 is 10.7 Å². The van der Waals surface area contributed by atoms with Crippen molar-refractivity contribution in [3.8, 4) is 0 Å². The standard InChI is InChI=1S/C13H13FN4O2/c1-8-4-9(14)2-3-13(8)16-10-5-11(17-15)7-12(6-10)18(19)20/h2-7,16-17H,15H2,1H3. The third kappa shape index (κ3) is 3.01. The highest BCUT2D eigenvalue weighted by Crippen LogP contribution is 2.27. The molecule has 0 unspecified atom stereocenters. The molecule has 0 aliphatic heterocycles. The van der Waals surface area contributed by atoms with E-state index in [-0.39, 0.29) is 11.5 Å². The molecule has 2 rings (SSSR count). The van der Waals surface area contributed by atoms with Crippen molar-refractivity contribution in [2.75, 3.05) is 10.7 Å². The number of hydrazine groups is 1. The maximum atomic E-state index is 13.0. The van der Waals surface area contributed by atoms with E-state index in [1.807, 2.05) is 0 Å². The summed E-state index contributed by atoms with van der Waals surface area (Å²) in [6.45, 7) is 1.74. The first kappa shape index (κ1) is 13.8. The van der Waals surface area contributed by atoms with Gasteiger partial charge >= 0.3 is 0 Å². The molecule has 4 N–H and O–H groups in total. The van der Waals surface area contributed by atoms with Crippen LogP contribution in [0.15, 0.2) is 36.4 Å². The second kappa shape index (κ2) is 5.54. The Morgan fingerprint density at radius 2 is 1.90 bits per heavy atom. The zero-order valence-corrected chi connectivity index (χ0v) is 10.7. The Hall–Kier alpha value is -2.67. The molecule has 2 aromatic carbocycles. The predicted molar refractivity (Wildman–Crippen MR) is 75.3 cm³/mol. The lowest BCUT2D eigenvalue weighted by Crippen LogP contribution is -2.07. The van der Waals surface area contributed by atoms with Gasteiger partial charge in [-0.15, -0.1) is 0 Å². The van der Waals surface area contributed by atoms with Crippen molar-refractivity contribution < 1.29 is 9.31 Å². The molecule has 0 saturated carbocycles. The highest BCUT2D eigenvalue weighted by molar-refractivity contribution is 5.70. The minimum Gasteiger partial charge on any atom is -0.355 e. The average molecular weight is 276 g/mol. The first-order chi connectivity index (χ1) is 9.49. The van der Waals surface area contributed by atoms with Crippen LogP contribution in [0.25, 0.3) is 0 Å². The fraction of sp³-hybridized carbons (Fsp3) is 0.0769. The molecule has 2 aromatic rings. The molecule has 0 saturated heterocycles. The van der Waals surface area contributed by atoms with Crippen LogP contribution in [0.4, 0.5) is 27.1 Å². The number of anilines is 3. The van der Waals surface area contributed by atoms with Crippen molar-refractivity contribution in [1.82, 2.24) is 0 Å². The molecule has 7 heteroatoms. The zero-order valence-electron chi connectivity index (χ0n) is 10.7. The Labute approximate surface area is 114 Å². The van der Waals surface area contributed by atoms with Gasteiger partial charge in [-0.05, 0) is 36.8 Å². The molecule has 0 fully saturated rings. The van der Waals surface area contributed by atoms with Crippen LogP contribution in [0, 0.1) is 22.9 Å². The van der Waals surface area contributed by atoms with Gasteiger partial charge in [-0.2, -0.15) is 0 Å². The Morgan fingerprint density at radius 3 is 2.50 bits per heavy atom. The largest absolute Gasteiger partial charge is 0.355 e. The first-order valence-electron chi connectivity index (χ1n) is 5.79. The van der Waals surface area contributed by atoms with Gasteiger partial charge in [-0.1, -0.05) is 0 Å². The monoisotopic (exact) mass is 276 g/mol. The minimum atomic E-state index is -0.510. The molecule has 6 nitrogen and oxygen atoms in total. The second-order valence-electron chi connectivity index (χ2n) is 4.25. The van der Waals surface area contributed by atoms with Crippen LogP contribution in [0.2, 0.25) is 0 Å². The van der Waals surface area contributed by atoms with Crippen LogP contribution < -0.4 is 16.6 Å². The van der Waals surface area contributed by atoms with Crippen molar-refractivity contribution in [2.24, 2.45) is 5.84 Å². The highest BCUT2D eigenvalue weighted by Gasteiger charge is 2.10. The number of halogens is 1. The van der Waals surface area contributed by atoms with Gasteiger partial charge in [0.05, 0.1) is 10.6 Å². The van der Waals surface area contributed by atoms with E-state index in [2.05, 4.69) is 10.7 Å². The number of non-ortho nitro benzene ring substituents is 1. The lowest BCUT2D eigenvalue weighted by Gasteiger charge is -2.11. The Balaban J connectivity index is 2.37. The maximum Gasteiger partial charge on any atom is 0.273 e. The fourth-order valence-corrected chi connectivity index (χ4v) is 1.79. The van der Waals surface area contributed by atoms with E-state index in [0.29, 0.717) is 22.6 Å². The SMILES string of the molecule is Cc1cc(F)ccc1Nc1cc(NN)cc([N+](=O)[O-])c1. The summed E-state index contributed by atoms with van der Waals surface area (Å²) in [7, 11) is 0. The number of nitrogens with zero attached hydrogens (tertiary/aromatic N) is 1. The summed E-state index contributed by atoms with van der Waals surface area (Å²) in [6.07, 6.45) is 0. The van der Waals surface area contributed by atoms with Crippen molar-refractivity contribution in [3.63, 3.8) is 0 Å². The summed E-state index contributed by atoms with van der Waals surface area (Å²) in [6, 6.07) is 8.58. The van der Waals surface area contributed by atoms with Crippen LogP contribution in [-0.4, -0.2) is 4.92 Å². The molecule has 20 heavy (non-hydrogen) atoms. The van der Waals surface area contributed by atoms with Gasteiger partial charge in [0.15, 0.2) is 0 Å². The molecular formula is C13H13FN4O2. The summed E-state index contributed by atoms with van der Waals surface area (Å²) < 4.78 is 13.0. The molecule has 0 aliphatic rings. The molecule has 0 aliphatic carbocycles. The van der Waals surface area contributed by atoms with E-state index in [1.54, 1.807) is 19.1 Å². The average Bonchev–Trinajstić information content (AvgIpc) is 2.41. The maximum absolute atomic E-state index is 13.0.